The van der Waals surface area contributed by atoms with Crippen LogP contribution >= 0.6 is 0 Å². The molecule has 2 aromatic rings. The predicted octanol–water partition coefficient (Wildman–Crippen LogP) is 3.07. The van der Waals surface area contributed by atoms with Crippen LogP contribution in [-0.2, 0) is 16.1 Å². The number of aromatic nitrogens is 2. The van der Waals surface area contributed by atoms with E-state index in [1.54, 1.807) is 25.3 Å². The summed E-state index contributed by atoms with van der Waals surface area (Å²) in [7, 11) is 0. The molecule has 0 unspecified atom stereocenters. The van der Waals surface area contributed by atoms with Gasteiger partial charge in [0.2, 0.25) is 0 Å². The van der Waals surface area contributed by atoms with E-state index in [-0.39, 0.29) is 12.6 Å². The average molecular weight is 332 g/mol. The molecule has 24 heavy (non-hydrogen) atoms. The minimum Gasteiger partial charge on any atom is -0.494 e. The average Bonchev–Trinajstić information content (AvgIpc) is 3.11. The van der Waals surface area contributed by atoms with Gasteiger partial charge < -0.3 is 18.8 Å². The zero-order valence-corrected chi connectivity index (χ0v) is 14.0. The van der Waals surface area contributed by atoms with Gasteiger partial charge in [0.15, 0.2) is 6.61 Å². The van der Waals surface area contributed by atoms with Crippen molar-refractivity contribution in [3.63, 3.8) is 0 Å². The second-order valence-corrected chi connectivity index (χ2v) is 5.27. The van der Waals surface area contributed by atoms with Crippen molar-refractivity contribution in [2.45, 2.75) is 32.7 Å². The number of nitrogens with zero attached hydrogens (tertiary/aromatic N) is 2. The van der Waals surface area contributed by atoms with Crippen molar-refractivity contribution in [3.05, 3.63) is 43.0 Å². The van der Waals surface area contributed by atoms with Crippen LogP contribution in [0.25, 0.3) is 0 Å². The maximum atomic E-state index is 11.2. The second kappa shape index (κ2) is 10.3. The van der Waals surface area contributed by atoms with E-state index >= 15 is 0 Å². The molecule has 0 atom stereocenters. The summed E-state index contributed by atoms with van der Waals surface area (Å²) in [6.45, 7) is 3.73. The van der Waals surface area contributed by atoms with Gasteiger partial charge in [-0.3, -0.25) is 0 Å². The Bertz CT molecular complexity index is 582. The Balaban J connectivity index is 1.57. The largest absolute Gasteiger partial charge is 0.494 e. The lowest BCUT2D eigenvalue weighted by atomic mass is 10.2. The third-order valence-electron chi connectivity index (χ3n) is 3.37. The summed E-state index contributed by atoms with van der Waals surface area (Å²) in [5.74, 6) is 1.05. The molecule has 0 aliphatic carbocycles. The van der Waals surface area contributed by atoms with Crippen molar-refractivity contribution in [3.8, 4) is 11.5 Å². The number of rotatable bonds is 11. The summed E-state index contributed by atoms with van der Waals surface area (Å²) in [4.78, 5) is 15.2. The van der Waals surface area contributed by atoms with Gasteiger partial charge in [-0.1, -0.05) is 0 Å². The number of esters is 1. The van der Waals surface area contributed by atoms with Gasteiger partial charge in [-0.15, -0.1) is 0 Å². The molecule has 130 valence electrons. The standard InChI is InChI=1S/C18H24N2O4/c1-2-22-18(21)14-24-17-8-6-16(7-9-17)23-13-5-3-4-11-20-12-10-19-15-20/h6-10,12,15H,2-5,11,13-14H2,1H3. The zero-order valence-electron chi connectivity index (χ0n) is 14.0. The molecule has 0 spiro atoms. The van der Waals surface area contributed by atoms with Gasteiger partial charge in [-0.25, -0.2) is 9.78 Å². The number of carbonyl (C=O) groups excluding carboxylic acids is 1. The molecule has 0 saturated carbocycles. The van der Waals surface area contributed by atoms with E-state index in [0.717, 1.165) is 31.6 Å². The first-order valence-corrected chi connectivity index (χ1v) is 8.25. The third-order valence-corrected chi connectivity index (χ3v) is 3.37. The van der Waals surface area contributed by atoms with Crippen molar-refractivity contribution in [2.24, 2.45) is 0 Å². The highest BCUT2D eigenvalue weighted by Crippen LogP contribution is 2.18. The zero-order chi connectivity index (χ0) is 17.0. The van der Waals surface area contributed by atoms with E-state index in [0.29, 0.717) is 19.0 Å². The highest BCUT2D eigenvalue weighted by molar-refractivity contribution is 5.71. The fourth-order valence-electron chi connectivity index (χ4n) is 2.16. The van der Waals surface area contributed by atoms with Crippen LogP contribution in [0.5, 0.6) is 11.5 Å². The van der Waals surface area contributed by atoms with E-state index < -0.39 is 0 Å². The molecule has 0 aliphatic heterocycles. The van der Waals surface area contributed by atoms with Gasteiger partial charge in [0, 0.05) is 18.9 Å². The number of hydrogen-bond donors (Lipinski definition) is 0. The van der Waals surface area contributed by atoms with Crippen molar-refractivity contribution in [2.75, 3.05) is 19.8 Å². The molecular weight excluding hydrogens is 308 g/mol. The minimum atomic E-state index is -0.367. The van der Waals surface area contributed by atoms with Gasteiger partial charge in [0.05, 0.1) is 19.5 Å². The topological polar surface area (TPSA) is 62.6 Å². The summed E-state index contributed by atoms with van der Waals surface area (Å²) < 4.78 is 17.9. The number of benzene rings is 1. The smallest absolute Gasteiger partial charge is 0.344 e. The molecule has 2 rings (SSSR count). The van der Waals surface area contributed by atoms with Crippen molar-refractivity contribution in [1.29, 1.82) is 0 Å². The highest BCUT2D eigenvalue weighted by atomic mass is 16.6. The summed E-state index contributed by atoms with van der Waals surface area (Å²) >= 11 is 0. The lowest BCUT2D eigenvalue weighted by molar-refractivity contribution is -0.145. The van der Waals surface area contributed by atoms with Crippen LogP contribution in [0, 0.1) is 0 Å². The Morgan fingerprint density at radius 2 is 1.83 bits per heavy atom. The molecule has 6 nitrogen and oxygen atoms in total. The first kappa shape index (κ1) is 17.8. The number of hydrogen-bond acceptors (Lipinski definition) is 5. The molecule has 0 aliphatic rings. The molecule has 0 radical (unpaired) electrons. The van der Waals surface area contributed by atoms with E-state index in [1.165, 1.54) is 0 Å². The Hall–Kier alpha value is -2.50. The molecule has 1 aromatic heterocycles. The molecule has 0 N–H and O–H groups in total. The quantitative estimate of drug-likeness (QED) is 0.467. The summed E-state index contributed by atoms with van der Waals surface area (Å²) in [5, 5.41) is 0. The number of carbonyl (C=O) groups is 1. The van der Waals surface area contributed by atoms with Crippen LogP contribution in [0.4, 0.5) is 0 Å². The third kappa shape index (κ3) is 6.73. The van der Waals surface area contributed by atoms with E-state index in [2.05, 4.69) is 9.55 Å². The number of unbranched alkanes of at least 4 members (excludes halogenated alkanes) is 2. The molecule has 0 bridgehead atoms. The van der Waals surface area contributed by atoms with E-state index in [9.17, 15) is 4.79 Å². The van der Waals surface area contributed by atoms with Crippen molar-refractivity contribution < 1.29 is 19.0 Å². The fourth-order valence-corrected chi connectivity index (χ4v) is 2.16. The van der Waals surface area contributed by atoms with Crippen molar-refractivity contribution in [1.82, 2.24) is 9.55 Å². The van der Waals surface area contributed by atoms with E-state index in [4.69, 9.17) is 14.2 Å². The van der Waals surface area contributed by atoms with Gasteiger partial charge in [-0.05, 0) is 50.5 Å². The lowest BCUT2D eigenvalue weighted by Crippen LogP contribution is -2.14. The maximum Gasteiger partial charge on any atom is 0.344 e. The van der Waals surface area contributed by atoms with Gasteiger partial charge in [0.25, 0.3) is 0 Å². The van der Waals surface area contributed by atoms with Crippen LogP contribution in [0.3, 0.4) is 0 Å². The van der Waals surface area contributed by atoms with Gasteiger partial charge >= 0.3 is 5.97 Å². The Morgan fingerprint density at radius 1 is 1.08 bits per heavy atom. The highest BCUT2D eigenvalue weighted by Gasteiger charge is 2.03. The Labute approximate surface area is 142 Å². The molecule has 6 heteroatoms. The van der Waals surface area contributed by atoms with Gasteiger partial charge in [-0.2, -0.15) is 0 Å². The molecular formula is C18H24N2O4. The molecule has 0 amide bonds. The summed E-state index contributed by atoms with van der Waals surface area (Å²) in [6, 6.07) is 7.25. The second-order valence-electron chi connectivity index (χ2n) is 5.27. The Morgan fingerprint density at radius 3 is 2.50 bits per heavy atom. The molecule has 1 heterocycles. The van der Waals surface area contributed by atoms with Crippen molar-refractivity contribution >= 4 is 5.97 Å². The maximum absolute atomic E-state index is 11.2. The first-order chi connectivity index (χ1) is 11.8. The number of ether oxygens (including phenoxy) is 3. The van der Waals surface area contributed by atoms with Crippen LogP contribution in [0.15, 0.2) is 43.0 Å². The lowest BCUT2D eigenvalue weighted by Gasteiger charge is -2.08. The first-order valence-electron chi connectivity index (χ1n) is 8.25. The summed E-state index contributed by atoms with van der Waals surface area (Å²) in [5.41, 5.74) is 0. The monoisotopic (exact) mass is 332 g/mol. The SMILES string of the molecule is CCOC(=O)COc1ccc(OCCCCCn2ccnc2)cc1. The molecule has 0 saturated heterocycles. The van der Waals surface area contributed by atoms with Crippen LogP contribution in [0.2, 0.25) is 0 Å². The number of aryl methyl sites for hydroxylation is 1. The van der Waals surface area contributed by atoms with Crippen LogP contribution < -0.4 is 9.47 Å². The van der Waals surface area contributed by atoms with E-state index in [1.807, 2.05) is 24.7 Å². The molecule has 1 aromatic carbocycles. The predicted molar refractivity (Wildman–Crippen MR) is 90.1 cm³/mol. The fraction of sp³-hybridized carbons (Fsp3) is 0.444. The normalized spacial score (nSPS) is 10.4. The Kier molecular flexibility index (Phi) is 7.67. The number of imidazole rings is 1. The van der Waals surface area contributed by atoms with Crippen LogP contribution in [-0.4, -0.2) is 35.3 Å². The summed E-state index contributed by atoms with van der Waals surface area (Å²) in [6.07, 6.45) is 8.84. The minimum absolute atomic E-state index is 0.0784. The van der Waals surface area contributed by atoms with Crippen LogP contribution in [0.1, 0.15) is 26.2 Å². The van der Waals surface area contributed by atoms with Gasteiger partial charge in [0.1, 0.15) is 11.5 Å². The molecule has 0 fully saturated rings.